The molecular weight excluding hydrogens is 250 g/mol. The molecule has 0 spiro atoms. The van der Waals surface area contributed by atoms with Gasteiger partial charge in [-0.1, -0.05) is 31.9 Å². The van der Waals surface area contributed by atoms with Gasteiger partial charge in [0.15, 0.2) is 0 Å². The van der Waals surface area contributed by atoms with Crippen molar-refractivity contribution in [3.05, 3.63) is 29.8 Å². The van der Waals surface area contributed by atoms with E-state index in [4.69, 9.17) is 10.5 Å². The number of hydrogen-bond acceptors (Lipinski definition) is 3. The van der Waals surface area contributed by atoms with Crippen molar-refractivity contribution in [2.24, 2.45) is 17.6 Å². The smallest absolute Gasteiger partial charge is 0.119 e. The fraction of sp³-hybridized carbons (Fsp3) is 0.647. The molecule has 3 heteroatoms. The van der Waals surface area contributed by atoms with E-state index in [1.54, 1.807) is 0 Å². The van der Waals surface area contributed by atoms with Crippen LogP contribution in [0.2, 0.25) is 0 Å². The minimum absolute atomic E-state index is 0.0243. The molecule has 2 rings (SSSR count). The lowest BCUT2D eigenvalue weighted by Crippen LogP contribution is -2.33. The summed E-state index contributed by atoms with van der Waals surface area (Å²) in [7, 11) is 0. The van der Waals surface area contributed by atoms with Crippen LogP contribution in [0.1, 0.15) is 44.6 Å². The van der Waals surface area contributed by atoms with Crippen molar-refractivity contribution in [2.45, 2.75) is 45.1 Å². The van der Waals surface area contributed by atoms with Crippen LogP contribution in [0, 0.1) is 11.8 Å². The Labute approximate surface area is 122 Å². The topological polar surface area (TPSA) is 55.5 Å². The Morgan fingerprint density at radius 3 is 2.50 bits per heavy atom. The predicted octanol–water partition coefficient (Wildman–Crippen LogP) is 2.92. The van der Waals surface area contributed by atoms with E-state index in [0.717, 1.165) is 17.7 Å². The zero-order valence-corrected chi connectivity index (χ0v) is 12.6. The second-order valence-electron chi connectivity index (χ2n) is 5.91. The molecule has 0 heterocycles. The highest BCUT2D eigenvalue weighted by atomic mass is 16.5. The summed E-state index contributed by atoms with van der Waals surface area (Å²) in [6, 6.07) is 8.00. The van der Waals surface area contributed by atoms with Crippen molar-refractivity contribution in [2.75, 3.05) is 13.2 Å². The van der Waals surface area contributed by atoms with Gasteiger partial charge in [0.2, 0.25) is 0 Å². The van der Waals surface area contributed by atoms with Crippen LogP contribution in [0.4, 0.5) is 0 Å². The van der Waals surface area contributed by atoms with Gasteiger partial charge in [-0.2, -0.15) is 0 Å². The highest BCUT2D eigenvalue weighted by Crippen LogP contribution is 2.38. The Hall–Kier alpha value is -1.06. The lowest BCUT2D eigenvalue weighted by Gasteiger charge is -2.29. The van der Waals surface area contributed by atoms with E-state index in [-0.39, 0.29) is 12.0 Å². The minimum atomic E-state index is -0.338. The summed E-state index contributed by atoms with van der Waals surface area (Å²) < 4.78 is 5.46. The number of aliphatic hydroxyl groups is 1. The quantitative estimate of drug-likeness (QED) is 0.840. The van der Waals surface area contributed by atoms with Gasteiger partial charge >= 0.3 is 0 Å². The summed E-state index contributed by atoms with van der Waals surface area (Å²) in [6.07, 6.45) is 3.23. The molecule has 1 fully saturated rings. The maximum atomic E-state index is 10.7. The molecule has 3 N–H and O–H groups in total. The second-order valence-corrected chi connectivity index (χ2v) is 5.91. The number of aliphatic hydroxyl groups excluding tert-OH is 1. The summed E-state index contributed by atoms with van der Waals surface area (Å²) >= 11 is 0. The van der Waals surface area contributed by atoms with Crippen LogP contribution in [0.5, 0.6) is 5.75 Å². The third-order valence-electron chi connectivity index (χ3n) is 4.65. The largest absolute Gasteiger partial charge is 0.494 e. The fourth-order valence-electron chi connectivity index (χ4n) is 3.43. The van der Waals surface area contributed by atoms with Crippen molar-refractivity contribution in [3.8, 4) is 5.75 Å². The van der Waals surface area contributed by atoms with Gasteiger partial charge in [0, 0.05) is 12.5 Å². The molecule has 1 aliphatic rings. The molecule has 1 aromatic carbocycles. The minimum Gasteiger partial charge on any atom is -0.494 e. The van der Waals surface area contributed by atoms with Crippen LogP contribution in [-0.2, 0) is 0 Å². The van der Waals surface area contributed by atoms with Crippen LogP contribution >= 0.6 is 0 Å². The zero-order chi connectivity index (χ0) is 14.5. The van der Waals surface area contributed by atoms with E-state index >= 15 is 0 Å². The Balaban J connectivity index is 2.10. The van der Waals surface area contributed by atoms with E-state index in [1.165, 1.54) is 12.8 Å². The first-order chi connectivity index (χ1) is 9.67. The van der Waals surface area contributed by atoms with Gasteiger partial charge in [-0.15, -0.1) is 0 Å². The molecule has 112 valence electrons. The first-order valence-corrected chi connectivity index (χ1v) is 7.78. The number of benzene rings is 1. The average Bonchev–Trinajstić information content (AvgIpc) is 2.88. The van der Waals surface area contributed by atoms with Gasteiger partial charge in [0.1, 0.15) is 5.75 Å². The van der Waals surface area contributed by atoms with Crippen LogP contribution in [0.15, 0.2) is 24.3 Å². The van der Waals surface area contributed by atoms with Crippen molar-refractivity contribution in [1.82, 2.24) is 0 Å². The van der Waals surface area contributed by atoms with Crippen LogP contribution in [0.3, 0.4) is 0 Å². The highest BCUT2D eigenvalue weighted by molar-refractivity contribution is 5.30. The second kappa shape index (κ2) is 7.09. The molecule has 1 aliphatic carbocycles. The summed E-state index contributed by atoms with van der Waals surface area (Å²) in [5.41, 5.74) is 7.04. The van der Waals surface area contributed by atoms with E-state index in [0.29, 0.717) is 25.0 Å². The van der Waals surface area contributed by atoms with E-state index in [2.05, 4.69) is 6.92 Å². The van der Waals surface area contributed by atoms with E-state index < -0.39 is 0 Å². The number of ether oxygens (including phenoxy) is 1. The molecule has 4 atom stereocenters. The molecule has 1 aromatic rings. The van der Waals surface area contributed by atoms with E-state index in [1.807, 2.05) is 31.2 Å². The van der Waals surface area contributed by atoms with Crippen molar-refractivity contribution in [1.29, 1.82) is 0 Å². The van der Waals surface area contributed by atoms with Crippen LogP contribution < -0.4 is 10.5 Å². The molecule has 20 heavy (non-hydrogen) atoms. The van der Waals surface area contributed by atoms with Crippen LogP contribution in [0.25, 0.3) is 0 Å². The molecule has 3 nitrogen and oxygen atoms in total. The zero-order valence-electron chi connectivity index (χ0n) is 12.6. The average molecular weight is 277 g/mol. The number of rotatable bonds is 6. The van der Waals surface area contributed by atoms with Crippen molar-refractivity contribution < 1.29 is 9.84 Å². The Morgan fingerprint density at radius 1 is 1.30 bits per heavy atom. The molecule has 0 bridgehead atoms. The lowest BCUT2D eigenvalue weighted by molar-refractivity contribution is 0.0664. The Morgan fingerprint density at radius 2 is 2.00 bits per heavy atom. The molecule has 0 radical (unpaired) electrons. The molecule has 0 aromatic heterocycles. The van der Waals surface area contributed by atoms with Crippen LogP contribution in [-0.4, -0.2) is 24.4 Å². The van der Waals surface area contributed by atoms with Gasteiger partial charge in [-0.05, 0) is 42.9 Å². The first-order valence-electron chi connectivity index (χ1n) is 7.78. The Kier molecular flexibility index (Phi) is 5.44. The summed E-state index contributed by atoms with van der Waals surface area (Å²) in [6.45, 7) is 5.37. The third kappa shape index (κ3) is 3.33. The standard InChI is InChI=1S/C17H27NO2/c1-3-20-14-9-7-13(8-10-14)16(11-18)17(19)15-6-4-5-12(15)2/h7-10,12,15-17,19H,3-6,11,18H2,1-2H3. The molecule has 0 aliphatic heterocycles. The normalized spacial score (nSPS) is 25.4. The van der Waals surface area contributed by atoms with Gasteiger partial charge in [-0.25, -0.2) is 0 Å². The fourth-order valence-corrected chi connectivity index (χ4v) is 3.43. The molecular formula is C17H27NO2. The maximum absolute atomic E-state index is 10.7. The molecule has 0 amide bonds. The molecule has 1 saturated carbocycles. The maximum Gasteiger partial charge on any atom is 0.119 e. The summed E-state index contributed by atoms with van der Waals surface area (Å²) in [5, 5.41) is 10.7. The van der Waals surface area contributed by atoms with Crippen molar-refractivity contribution >= 4 is 0 Å². The molecule has 4 unspecified atom stereocenters. The van der Waals surface area contributed by atoms with Gasteiger partial charge in [0.25, 0.3) is 0 Å². The third-order valence-corrected chi connectivity index (χ3v) is 4.65. The summed E-state index contributed by atoms with van der Waals surface area (Å²) in [5.74, 6) is 1.88. The monoisotopic (exact) mass is 277 g/mol. The highest BCUT2D eigenvalue weighted by Gasteiger charge is 2.34. The van der Waals surface area contributed by atoms with Gasteiger partial charge in [0.05, 0.1) is 12.7 Å². The lowest BCUT2D eigenvalue weighted by atomic mass is 9.81. The Bertz CT molecular complexity index is 404. The van der Waals surface area contributed by atoms with Crippen molar-refractivity contribution in [3.63, 3.8) is 0 Å². The SMILES string of the molecule is CCOc1ccc(C(CN)C(O)C2CCCC2C)cc1. The first kappa shape index (κ1) is 15.3. The van der Waals surface area contributed by atoms with Gasteiger partial charge in [-0.3, -0.25) is 0 Å². The van der Waals surface area contributed by atoms with Gasteiger partial charge < -0.3 is 15.6 Å². The number of hydrogen-bond donors (Lipinski definition) is 2. The summed E-state index contributed by atoms with van der Waals surface area (Å²) in [4.78, 5) is 0. The number of nitrogens with two attached hydrogens (primary N) is 1. The predicted molar refractivity (Wildman–Crippen MR) is 81.9 cm³/mol. The molecule has 0 saturated heterocycles. The van der Waals surface area contributed by atoms with E-state index in [9.17, 15) is 5.11 Å².